The van der Waals surface area contributed by atoms with Gasteiger partial charge < -0.3 is 14.2 Å². The molecule has 31 heavy (non-hydrogen) atoms. The molecule has 0 aliphatic rings. The van der Waals surface area contributed by atoms with Crippen LogP contribution >= 0.6 is 22.9 Å². The van der Waals surface area contributed by atoms with E-state index >= 15 is 0 Å². The molecule has 6 nitrogen and oxygen atoms in total. The van der Waals surface area contributed by atoms with Gasteiger partial charge in [-0.2, -0.15) is 5.10 Å². The predicted octanol–water partition coefficient (Wildman–Crippen LogP) is 5.86. The average molecular weight is 454 g/mol. The zero-order valence-corrected chi connectivity index (χ0v) is 18.3. The summed E-state index contributed by atoms with van der Waals surface area (Å²) >= 11 is 7.69. The zero-order chi connectivity index (χ0) is 21.5. The Morgan fingerprint density at radius 3 is 2.71 bits per heavy atom. The van der Waals surface area contributed by atoms with Crippen molar-refractivity contribution < 1.29 is 14.2 Å². The first-order valence-electron chi connectivity index (χ1n) is 9.55. The predicted molar refractivity (Wildman–Crippen MR) is 126 cm³/mol. The van der Waals surface area contributed by atoms with Gasteiger partial charge in [0.25, 0.3) is 0 Å². The van der Waals surface area contributed by atoms with Crippen LogP contribution in [0.25, 0.3) is 10.2 Å². The molecule has 1 aromatic heterocycles. The molecule has 0 aliphatic carbocycles. The number of para-hydroxylation sites is 1. The summed E-state index contributed by atoms with van der Waals surface area (Å²) in [6, 6.07) is 20.8. The number of hydrazone groups is 1. The Balaban J connectivity index is 1.35. The number of ether oxygens (including phenoxy) is 3. The third-order valence-corrected chi connectivity index (χ3v) is 5.46. The summed E-state index contributed by atoms with van der Waals surface area (Å²) in [5.74, 6) is 2.13. The van der Waals surface area contributed by atoms with Gasteiger partial charge in [-0.25, -0.2) is 4.98 Å². The quantitative estimate of drug-likeness (QED) is 0.195. The molecule has 0 amide bonds. The largest absolute Gasteiger partial charge is 0.497 e. The van der Waals surface area contributed by atoms with Gasteiger partial charge in [-0.05, 0) is 42.5 Å². The Labute approximate surface area is 189 Å². The number of fused-ring (bicyclic) bond motifs is 1. The minimum Gasteiger partial charge on any atom is -0.497 e. The normalized spacial score (nSPS) is 11.0. The summed E-state index contributed by atoms with van der Waals surface area (Å²) in [6.07, 6.45) is 1.66. The minimum absolute atomic E-state index is 0.366. The highest BCUT2D eigenvalue weighted by molar-refractivity contribution is 7.22. The van der Waals surface area contributed by atoms with E-state index in [2.05, 4.69) is 15.5 Å². The minimum atomic E-state index is 0.366. The Morgan fingerprint density at radius 1 is 1.00 bits per heavy atom. The molecular formula is C23H20ClN3O3S. The lowest BCUT2D eigenvalue weighted by Crippen LogP contribution is -2.10. The first kappa shape index (κ1) is 21.0. The highest BCUT2D eigenvalue weighted by Crippen LogP contribution is 2.26. The van der Waals surface area contributed by atoms with E-state index in [1.165, 1.54) is 11.3 Å². The smallest absolute Gasteiger partial charge is 0.204 e. The van der Waals surface area contributed by atoms with E-state index in [1.54, 1.807) is 25.5 Å². The second-order valence-electron chi connectivity index (χ2n) is 6.41. The molecular weight excluding hydrogens is 434 g/mol. The van der Waals surface area contributed by atoms with Gasteiger partial charge in [-0.3, -0.25) is 5.43 Å². The highest BCUT2D eigenvalue weighted by atomic mass is 35.5. The van der Waals surface area contributed by atoms with Crippen molar-refractivity contribution in [3.63, 3.8) is 0 Å². The number of thiazole rings is 1. The molecule has 0 spiro atoms. The van der Waals surface area contributed by atoms with Crippen molar-refractivity contribution in [2.24, 2.45) is 5.10 Å². The maximum atomic E-state index is 6.15. The maximum Gasteiger partial charge on any atom is 0.204 e. The monoisotopic (exact) mass is 453 g/mol. The van der Waals surface area contributed by atoms with Crippen molar-refractivity contribution in [3.05, 3.63) is 77.3 Å². The number of hydrogen-bond acceptors (Lipinski definition) is 7. The molecule has 0 atom stereocenters. The Bertz CT molecular complexity index is 1160. The van der Waals surface area contributed by atoms with E-state index in [-0.39, 0.29) is 0 Å². The van der Waals surface area contributed by atoms with E-state index in [9.17, 15) is 0 Å². The number of halogens is 1. The summed E-state index contributed by atoms with van der Waals surface area (Å²) in [4.78, 5) is 4.50. The van der Waals surface area contributed by atoms with Crippen molar-refractivity contribution in [1.82, 2.24) is 4.98 Å². The van der Waals surface area contributed by atoms with E-state index in [4.69, 9.17) is 25.8 Å². The molecule has 4 rings (SSSR count). The summed E-state index contributed by atoms with van der Waals surface area (Å²) < 4.78 is 17.9. The fourth-order valence-corrected chi connectivity index (χ4v) is 3.83. The van der Waals surface area contributed by atoms with Gasteiger partial charge in [0.05, 0.1) is 23.5 Å². The van der Waals surface area contributed by atoms with Crippen molar-refractivity contribution >= 4 is 44.5 Å². The van der Waals surface area contributed by atoms with Gasteiger partial charge in [0, 0.05) is 16.7 Å². The molecule has 3 aromatic carbocycles. The molecule has 1 heterocycles. The molecule has 0 unspecified atom stereocenters. The van der Waals surface area contributed by atoms with Gasteiger partial charge in [-0.1, -0.05) is 41.1 Å². The molecule has 158 valence electrons. The Hall–Kier alpha value is -3.29. The second-order valence-corrected chi connectivity index (χ2v) is 7.88. The van der Waals surface area contributed by atoms with E-state index in [1.807, 2.05) is 54.6 Å². The molecule has 8 heteroatoms. The Morgan fingerprint density at radius 2 is 1.84 bits per heavy atom. The van der Waals surface area contributed by atoms with Crippen LogP contribution in [0.4, 0.5) is 5.13 Å². The molecule has 0 saturated carbocycles. The molecule has 1 N–H and O–H groups in total. The lowest BCUT2D eigenvalue weighted by Gasteiger charge is -2.11. The van der Waals surface area contributed by atoms with Crippen LogP contribution in [0.5, 0.6) is 17.2 Å². The first-order chi connectivity index (χ1) is 15.2. The average Bonchev–Trinajstić information content (AvgIpc) is 3.21. The van der Waals surface area contributed by atoms with Crippen molar-refractivity contribution in [2.75, 3.05) is 25.7 Å². The SMILES string of the molecule is COc1cccc(OCCOc2ccc(Cl)cc2/C=N\Nc2nc3ccccc3s2)c1. The van der Waals surface area contributed by atoms with Crippen LogP contribution in [0, 0.1) is 0 Å². The third-order valence-electron chi connectivity index (χ3n) is 4.28. The molecule has 0 fully saturated rings. The number of nitrogens with one attached hydrogen (secondary N) is 1. The number of aromatic nitrogens is 1. The lowest BCUT2D eigenvalue weighted by molar-refractivity contribution is 0.216. The summed E-state index contributed by atoms with van der Waals surface area (Å²) in [5.41, 5.74) is 4.66. The fourth-order valence-electron chi connectivity index (χ4n) is 2.83. The molecule has 4 aromatic rings. The van der Waals surface area contributed by atoms with Gasteiger partial charge in [0.1, 0.15) is 30.5 Å². The van der Waals surface area contributed by atoms with E-state index in [0.29, 0.717) is 29.1 Å². The van der Waals surface area contributed by atoms with E-state index < -0.39 is 0 Å². The van der Waals surface area contributed by atoms with E-state index in [0.717, 1.165) is 27.3 Å². The van der Waals surface area contributed by atoms with Crippen LogP contribution in [0.3, 0.4) is 0 Å². The van der Waals surface area contributed by atoms with Crippen molar-refractivity contribution in [1.29, 1.82) is 0 Å². The van der Waals surface area contributed by atoms with Gasteiger partial charge in [0.2, 0.25) is 5.13 Å². The summed E-state index contributed by atoms with van der Waals surface area (Å²) in [5, 5.41) is 5.61. The number of rotatable bonds is 9. The number of hydrogen-bond donors (Lipinski definition) is 1. The molecule has 0 radical (unpaired) electrons. The van der Waals surface area contributed by atoms with Crippen LogP contribution in [-0.2, 0) is 0 Å². The van der Waals surface area contributed by atoms with Crippen molar-refractivity contribution in [3.8, 4) is 17.2 Å². The van der Waals surface area contributed by atoms with Crippen LogP contribution in [-0.4, -0.2) is 31.5 Å². The van der Waals surface area contributed by atoms with Gasteiger partial charge in [0.15, 0.2) is 0 Å². The first-order valence-corrected chi connectivity index (χ1v) is 10.7. The van der Waals surface area contributed by atoms with Gasteiger partial charge in [-0.15, -0.1) is 0 Å². The lowest BCUT2D eigenvalue weighted by atomic mass is 10.2. The molecule has 0 aliphatic heterocycles. The number of methoxy groups -OCH3 is 1. The maximum absolute atomic E-state index is 6.15. The highest BCUT2D eigenvalue weighted by Gasteiger charge is 2.05. The molecule has 0 saturated heterocycles. The second kappa shape index (κ2) is 10.1. The topological polar surface area (TPSA) is 65.0 Å². The zero-order valence-electron chi connectivity index (χ0n) is 16.7. The Kier molecular flexibility index (Phi) is 6.86. The van der Waals surface area contributed by atoms with Crippen molar-refractivity contribution in [2.45, 2.75) is 0 Å². The van der Waals surface area contributed by atoms with Crippen LogP contribution < -0.4 is 19.6 Å². The third kappa shape index (κ3) is 5.65. The van der Waals surface area contributed by atoms with Crippen LogP contribution in [0.1, 0.15) is 5.56 Å². The summed E-state index contributed by atoms with van der Waals surface area (Å²) in [7, 11) is 1.62. The fraction of sp³-hybridized carbons (Fsp3) is 0.130. The standard InChI is InChI=1S/C23H20ClN3O3S/c1-28-18-5-4-6-19(14-18)29-11-12-30-21-10-9-17(24)13-16(21)15-25-27-23-26-20-7-2-3-8-22(20)31-23/h2-10,13-15H,11-12H2,1H3,(H,26,27)/b25-15-. The number of anilines is 1. The number of benzene rings is 3. The molecule has 0 bridgehead atoms. The van der Waals surface area contributed by atoms with Crippen LogP contribution in [0.2, 0.25) is 5.02 Å². The van der Waals surface area contributed by atoms with Crippen LogP contribution in [0.15, 0.2) is 71.8 Å². The number of nitrogens with zero attached hydrogens (tertiary/aromatic N) is 2. The summed E-state index contributed by atoms with van der Waals surface area (Å²) in [6.45, 7) is 0.751. The van der Waals surface area contributed by atoms with Gasteiger partial charge >= 0.3 is 0 Å².